The summed E-state index contributed by atoms with van der Waals surface area (Å²) >= 11 is 0. The van der Waals surface area contributed by atoms with E-state index in [1.807, 2.05) is 6.07 Å². The predicted octanol–water partition coefficient (Wildman–Crippen LogP) is 9.91. The van der Waals surface area contributed by atoms with Crippen molar-refractivity contribution in [2.24, 2.45) is 0 Å². The molecule has 2 unspecified atom stereocenters. The van der Waals surface area contributed by atoms with E-state index in [4.69, 9.17) is 0 Å². The average molecular weight is 752 g/mol. The van der Waals surface area contributed by atoms with Crippen molar-refractivity contribution in [1.29, 1.82) is 0 Å². The van der Waals surface area contributed by atoms with Crippen LogP contribution in [0.3, 0.4) is 0 Å². The number of fused-ring (bicyclic) bond motifs is 2. The van der Waals surface area contributed by atoms with Crippen LogP contribution in [0.2, 0.25) is 0 Å². The predicted molar refractivity (Wildman–Crippen MR) is 197 cm³/mol. The maximum Gasteiger partial charge on any atom is 0.417 e. The quantitative estimate of drug-likeness (QED) is 0.104. The van der Waals surface area contributed by atoms with Gasteiger partial charge in [-0.15, -0.1) is 0 Å². The van der Waals surface area contributed by atoms with Crippen LogP contribution in [-0.4, -0.2) is 53.8 Å². The molecule has 286 valence electrons. The van der Waals surface area contributed by atoms with Crippen LogP contribution in [0.15, 0.2) is 116 Å². The molecule has 0 aliphatic rings. The number of nitrogens with one attached hydrogen (secondary N) is 1. The number of aromatic amines is 1. The minimum atomic E-state index is -4.85. The van der Waals surface area contributed by atoms with E-state index in [1.165, 1.54) is 18.3 Å². The number of aromatic hydroxyl groups is 1. The normalized spacial score (nSPS) is 15.0. The maximum atomic E-state index is 14.0. The second-order valence-corrected chi connectivity index (χ2v) is 15.2. The number of nitrogens with zero attached hydrogens (tertiary/aromatic N) is 2. The number of para-hydroxylation sites is 2. The number of phenols is 1. The smallest absolute Gasteiger partial charge is 0.417 e. The van der Waals surface area contributed by atoms with Gasteiger partial charge in [0, 0.05) is 41.7 Å². The van der Waals surface area contributed by atoms with E-state index in [1.54, 1.807) is 119 Å². The van der Waals surface area contributed by atoms with Gasteiger partial charge in [0.25, 0.3) is 0 Å². The third-order valence-corrected chi connectivity index (χ3v) is 9.90. The fourth-order valence-corrected chi connectivity index (χ4v) is 7.19. The number of H-pyrrole nitrogens is 1. The van der Waals surface area contributed by atoms with E-state index >= 15 is 0 Å². The first-order chi connectivity index (χ1) is 25.1. The van der Waals surface area contributed by atoms with Gasteiger partial charge in [0.05, 0.1) is 17.2 Å². The average Bonchev–Trinajstić information content (AvgIpc) is 3.50. The van der Waals surface area contributed by atoms with Crippen LogP contribution in [0.25, 0.3) is 21.8 Å². The molecule has 0 saturated carbocycles. The Labute approximate surface area is 309 Å². The number of halogens is 6. The molecule has 4 N–H and O–H groups in total. The number of pyridine rings is 2. The van der Waals surface area contributed by atoms with Crippen molar-refractivity contribution in [2.45, 2.75) is 87.8 Å². The first-order valence-corrected chi connectivity index (χ1v) is 17.3. The molecule has 6 nitrogen and oxygen atoms in total. The van der Waals surface area contributed by atoms with Gasteiger partial charge in [0.15, 0.2) is 11.2 Å². The largest absolute Gasteiger partial charge is 0.508 e. The fourth-order valence-electron chi connectivity index (χ4n) is 7.19. The summed E-state index contributed by atoms with van der Waals surface area (Å²) in [7, 11) is 0. The lowest BCUT2D eigenvalue weighted by Crippen LogP contribution is -2.50. The lowest BCUT2D eigenvalue weighted by molar-refractivity contribution is -0.266. The van der Waals surface area contributed by atoms with Gasteiger partial charge in [0.2, 0.25) is 0 Å². The highest BCUT2D eigenvalue weighted by atomic mass is 19.4. The van der Waals surface area contributed by atoms with Gasteiger partial charge in [-0.3, -0.25) is 9.97 Å². The highest BCUT2D eigenvalue weighted by Gasteiger charge is 2.57. The van der Waals surface area contributed by atoms with Gasteiger partial charge < -0.3 is 20.3 Å². The van der Waals surface area contributed by atoms with Gasteiger partial charge in [-0.1, -0.05) is 94.4 Å². The molecule has 2 atom stereocenters. The molecule has 3 heterocycles. The van der Waals surface area contributed by atoms with Crippen molar-refractivity contribution in [3.63, 3.8) is 0 Å². The monoisotopic (exact) mass is 751 g/mol. The molecule has 12 heteroatoms. The Balaban J connectivity index is 0.000000208. The van der Waals surface area contributed by atoms with Gasteiger partial charge in [0.1, 0.15) is 5.75 Å². The number of benzene rings is 3. The van der Waals surface area contributed by atoms with Crippen LogP contribution in [0.4, 0.5) is 26.3 Å². The summed E-state index contributed by atoms with van der Waals surface area (Å²) < 4.78 is 83.5. The molecule has 54 heavy (non-hydrogen) atoms. The Bertz CT molecular complexity index is 2140. The van der Waals surface area contributed by atoms with Crippen LogP contribution in [0.5, 0.6) is 5.75 Å². The van der Waals surface area contributed by atoms with Crippen molar-refractivity contribution in [3.8, 4) is 5.75 Å². The number of alkyl halides is 6. The van der Waals surface area contributed by atoms with E-state index in [2.05, 4.69) is 15.0 Å². The Morgan fingerprint density at radius 3 is 1.89 bits per heavy atom. The molecule has 0 bridgehead atoms. The zero-order valence-corrected chi connectivity index (χ0v) is 30.3. The summed E-state index contributed by atoms with van der Waals surface area (Å²) in [6, 6.07) is 27.0. The van der Waals surface area contributed by atoms with Crippen molar-refractivity contribution < 1.29 is 41.7 Å². The molecule has 3 aromatic carbocycles. The summed E-state index contributed by atoms with van der Waals surface area (Å²) in [5, 5.41) is 32.9. The summed E-state index contributed by atoms with van der Waals surface area (Å²) in [5.74, 6) is -0.0913. The number of hydrogen-bond donors (Lipinski definition) is 4. The molecule has 0 aliphatic carbocycles. The van der Waals surface area contributed by atoms with Crippen LogP contribution < -0.4 is 0 Å². The second kappa shape index (κ2) is 15.1. The van der Waals surface area contributed by atoms with E-state index in [0.29, 0.717) is 33.2 Å². The second-order valence-electron chi connectivity index (χ2n) is 15.2. The Kier molecular flexibility index (Phi) is 11.2. The highest BCUT2D eigenvalue weighted by molar-refractivity contribution is 5.82. The molecule has 3 aromatic heterocycles. The van der Waals surface area contributed by atoms with Gasteiger partial charge in [-0.2, -0.15) is 26.3 Å². The molecule has 6 aromatic rings. The van der Waals surface area contributed by atoms with Crippen molar-refractivity contribution in [1.82, 2.24) is 15.0 Å². The highest BCUT2D eigenvalue weighted by Crippen LogP contribution is 2.46. The van der Waals surface area contributed by atoms with E-state index in [-0.39, 0.29) is 5.75 Å². The fraction of sp³-hybridized carbons (Fsp3) is 0.333. The Morgan fingerprint density at radius 1 is 0.648 bits per heavy atom. The standard InChI is InChI=1S/C22H22F3NO2.C20H21F3N2O/c1-20(2,17-8-4-6-10-19(17)27)14-21(28,22(23,24)25)13-15-11-12-26-18-9-5-3-7-16(15)18;1-18(2,15-6-4-3-5-7-15)13-19(26,20(21,22)23)11-16-10-14-8-9-24-12-17(14)25-16/h3-12,27-28H,13-14H2,1-2H3;3-10,12,25-26H,11,13H2,1-2H3. The van der Waals surface area contributed by atoms with Crippen LogP contribution in [0, 0.1) is 0 Å². The van der Waals surface area contributed by atoms with Crippen LogP contribution in [-0.2, 0) is 23.7 Å². The first-order valence-electron chi connectivity index (χ1n) is 17.3. The maximum absolute atomic E-state index is 14.0. The molecule has 0 fully saturated rings. The minimum absolute atomic E-state index is 0.0913. The first kappa shape index (κ1) is 40.2. The van der Waals surface area contributed by atoms with Crippen LogP contribution >= 0.6 is 0 Å². The van der Waals surface area contributed by atoms with Crippen LogP contribution in [0.1, 0.15) is 62.9 Å². The van der Waals surface area contributed by atoms with Crippen molar-refractivity contribution >= 4 is 21.8 Å². The van der Waals surface area contributed by atoms with Crippen molar-refractivity contribution in [2.75, 3.05) is 0 Å². The number of rotatable bonds is 10. The lowest BCUT2D eigenvalue weighted by Gasteiger charge is -2.38. The zero-order chi connectivity index (χ0) is 39.6. The number of aromatic nitrogens is 3. The summed E-state index contributed by atoms with van der Waals surface area (Å²) in [5.41, 5.74) is -4.74. The molecule has 0 saturated heterocycles. The molecule has 0 aliphatic heterocycles. The van der Waals surface area contributed by atoms with E-state index < -0.39 is 60.1 Å². The molecule has 0 spiro atoms. The van der Waals surface area contributed by atoms with Gasteiger partial charge in [-0.25, -0.2) is 0 Å². The molecule has 0 radical (unpaired) electrons. The van der Waals surface area contributed by atoms with Gasteiger partial charge in [-0.05, 0) is 70.7 Å². The van der Waals surface area contributed by atoms with E-state index in [9.17, 15) is 41.7 Å². The number of phenolic OH excluding ortho intramolecular Hbond substituents is 1. The molecule has 6 rings (SSSR count). The zero-order valence-electron chi connectivity index (χ0n) is 30.3. The van der Waals surface area contributed by atoms with E-state index in [0.717, 1.165) is 10.9 Å². The third kappa shape index (κ3) is 8.88. The third-order valence-electron chi connectivity index (χ3n) is 9.90. The number of aliphatic hydroxyl groups is 2. The molecular formula is C42H43F6N3O3. The minimum Gasteiger partial charge on any atom is -0.508 e. The summed E-state index contributed by atoms with van der Waals surface area (Å²) in [6.07, 6.45) is -7.21. The SMILES string of the molecule is CC(C)(CC(O)(Cc1cc2ccncc2[nH]1)C(F)(F)F)c1ccccc1.CC(C)(CC(O)(Cc1ccnc2ccccc12)C(F)(F)F)c1ccccc1O. The number of hydrogen-bond acceptors (Lipinski definition) is 5. The molecule has 0 amide bonds. The lowest BCUT2D eigenvalue weighted by atomic mass is 9.72. The van der Waals surface area contributed by atoms with Gasteiger partial charge >= 0.3 is 12.4 Å². The molecular weight excluding hydrogens is 708 g/mol. The van der Waals surface area contributed by atoms with Crippen molar-refractivity contribution in [3.05, 3.63) is 138 Å². The Hall–Kier alpha value is -4.94. The summed E-state index contributed by atoms with van der Waals surface area (Å²) in [4.78, 5) is 11.1. The Morgan fingerprint density at radius 2 is 1.24 bits per heavy atom. The topological polar surface area (TPSA) is 102 Å². The summed E-state index contributed by atoms with van der Waals surface area (Å²) in [6.45, 7) is 6.61.